The highest BCUT2D eigenvalue weighted by Crippen LogP contribution is 2.33. The van der Waals surface area contributed by atoms with Crippen LogP contribution in [-0.4, -0.2) is 36.5 Å². The Kier molecular flexibility index (Phi) is 5.46. The first kappa shape index (κ1) is 15.9. The molecule has 0 bridgehead atoms. The van der Waals surface area contributed by atoms with Crippen molar-refractivity contribution in [3.05, 3.63) is 36.4 Å². The van der Waals surface area contributed by atoms with E-state index in [2.05, 4.69) is 10.6 Å². The van der Waals surface area contributed by atoms with E-state index < -0.39 is 0 Å². The Morgan fingerprint density at radius 3 is 2.23 bits per heavy atom. The molecular formula is C16H22N4O2. The maximum Gasteiger partial charge on any atom is 0.0604 e. The Morgan fingerprint density at radius 1 is 0.818 bits per heavy atom. The topological polar surface area (TPSA) is 117 Å². The van der Waals surface area contributed by atoms with Crippen LogP contribution in [0.1, 0.15) is 0 Å². The van der Waals surface area contributed by atoms with E-state index in [1.54, 1.807) is 6.07 Å². The fourth-order valence-corrected chi connectivity index (χ4v) is 2.19. The van der Waals surface area contributed by atoms with Crippen molar-refractivity contribution in [3.8, 4) is 11.1 Å². The number of hydrogen-bond donors (Lipinski definition) is 6. The molecule has 0 heterocycles. The molecule has 0 aliphatic heterocycles. The maximum absolute atomic E-state index is 9.03. The average Bonchev–Trinajstić information content (AvgIpc) is 2.53. The molecule has 0 atom stereocenters. The van der Waals surface area contributed by atoms with Crippen LogP contribution in [0.2, 0.25) is 0 Å². The summed E-state index contributed by atoms with van der Waals surface area (Å²) in [6.07, 6.45) is 0. The molecule has 0 aliphatic rings. The Balaban J connectivity index is 2.37. The molecule has 0 saturated heterocycles. The van der Waals surface area contributed by atoms with E-state index >= 15 is 0 Å². The second-order valence-corrected chi connectivity index (χ2v) is 4.90. The average molecular weight is 302 g/mol. The van der Waals surface area contributed by atoms with Crippen molar-refractivity contribution < 1.29 is 10.2 Å². The smallest absolute Gasteiger partial charge is 0.0604 e. The zero-order valence-electron chi connectivity index (χ0n) is 12.3. The summed E-state index contributed by atoms with van der Waals surface area (Å²) in [6, 6.07) is 11.3. The van der Waals surface area contributed by atoms with E-state index in [0.29, 0.717) is 24.5 Å². The zero-order valence-corrected chi connectivity index (χ0v) is 12.3. The van der Waals surface area contributed by atoms with Crippen molar-refractivity contribution in [2.24, 2.45) is 0 Å². The second kappa shape index (κ2) is 7.53. The summed E-state index contributed by atoms with van der Waals surface area (Å²) in [4.78, 5) is 0. The number of nitrogens with one attached hydrogen (secondary N) is 2. The third-order valence-corrected chi connectivity index (χ3v) is 3.29. The number of aliphatic hydroxyl groups excluding tert-OH is 2. The Hall–Kier alpha value is -2.44. The number of rotatable bonds is 7. The lowest BCUT2D eigenvalue weighted by atomic mass is 10.0. The molecule has 2 aromatic carbocycles. The van der Waals surface area contributed by atoms with Crippen LogP contribution in [0.5, 0.6) is 0 Å². The van der Waals surface area contributed by atoms with Crippen LogP contribution in [-0.2, 0) is 0 Å². The van der Waals surface area contributed by atoms with Crippen molar-refractivity contribution >= 4 is 22.7 Å². The van der Waals surface area contributed by atoms with Crippen LogP contribution >= 0.6 is 0 Å². The molecule has 0 aromatic heterocycles. The van der Waals surface area contributed by atoms with Crippen LogP contribution in [0.15, 0.2) is 36.4 Å². The van der Waals surface area contributed by atoms with Gasteiger partial charge in [-0.15, -0.1) is 0 Å². The Morgan fingerprint density at radius 2 is 1.55 bits per heavy atom. The van der Waals surface area contributed by atoms with Gasteiger partial charge in [-0.25, -0.2) is 0 Å². The molecule has 0 saturated carbocycles. The first-order chi connectivity index (χ1) is 10.7. The minimum absolute atomic E-state index is 0.0393. The molecule has 0 radical (unpaired) electrons. The van der Waals surface area contributed by atoms with Gasteiger partial charge in [0, 0.05) is 30.0 Å². The monoisotopic (exact) mass is 302 g/mol. The molecule has 2 aromatic rings. The highest BCUT2D eigenvalue weighted by atomic mass is 16.3. The zero-order chi connectivity index (χ0) is 15.9. The summed E-state index contributed by atoms with van der Waals surface area (Å²) in [5.41, 5.74) is 16.4. The predicted molar refractivity (Wildman–Crippen MR) is 91.9 cm³/mol. The standard InChI is InChI=1S/C16H22N4O2/c17-14-4-1-11(9-15(14)18)13-3-2-12(19-5-7-21)10-16(13)20-6-8-22/h1-4,9-10,19-22H,5-8,17-18H2. The molecule has 118 valence electrons. The highest BCUT2D eigenvalue weighted by Gasteiger charge is 2.08. The molecule has 0 fully saturated rings. The van der Waals surface area contributed by atoms with Gasteiger partial charge in [-0.2, -0.15) is 0 Å². The molecule has 0 unspecified atom stereocenters. The van der Waals surface area contributed by atoms with Crippen LogP contribution in [0.3, 0.4) is 0 Å². The normalized spacial score (nSPS) is 10.5. The molecular weight excluding hydrogens is 280 g/mol. The molecule has 0 amide bonds. The first-order valence-corrected chi connectivity index (χ1v) is 7.14. The fraction of sp³-hybridized carbons (Fsp3) is 0.250. The van der Waals surface area contributed by atoms with E-state index in [1.165, 1.54) is 0 Å². The highest BCUT2D eigenvalue weighted by molar-refractivity contribution is 5.84. The van der Waals surface area contributed by atoms with Gasteiger partial charge in [0.05, 0.1) is 24.6 Å². The number of benzene rings is 2. The summed E-state index contributed by atoms with van der Waals surface area (Å²) < 4.78 is 0. The van der Waals surface area contributed by atoms with Gasteiger partial charge in [0.15, 0.2) is 0 Å². The summed E-state index contributed by atoms with van der Waals surface area (Å²) in [5, 5.41) is 24.2. The minimum Gasteiger partial charge on any atom is -0.397 e. The van der Waals surface area contributed by atoms with Gasteiger partial charge in [-0.1, -0.05) is 12.1 Å². The fourth-order valence-electron chi connectivity index (χ4n) is 2.19. The van der Waals surface area contributed by atoms with E-state index in [1.807, 2.05) is 30.3 Å². The van der Waals surface area contributed by atoms with Gasteiger partial charge in [0.25, 0.3) is 0 Å². The molecule has 0 aliphatic carbocycles. The number of nitrogens with two attached hydrogens (primary N) is 2. The second-order valence-electron chi connectivity index (χ2n) is 4.90. The largest absolute Gasteiger partial charge is 0.397 e. The number of anilines is 4. The Bertz CT molecular complexity index is 632. The molecule has 6 heteroatoms. The summed E-state index contributed by atoms with van der Waals surface area (Å²) >= 11 is 0. The van der Waals surface area contributed by atoms with Gasteiger partial charge in [-0.05, 0) is 29.8 Å². The third kappa shape index (κ3) is 3.81. The summed E-state index contributed by atoms with van der Waals surface area (Å²) in [7, 11) is 0. The van der Waals surface area contributed by atoms with Crippen molar-refractivity contribution in [1.29, 1.82) is 0 Å². The van der Waals surface area contributed by atoms with Crippen molar-refractivity contribution in [3.63, 3.8) is 0 Å². The maximum atomic E-state index is 9.03. The molecule has 6 nitrogen and oxygen atoms in total. The molecule has 0 spiro atoms. The summed E-state index contributed by atoms with van der Waals surface area (Å²) in [6.45, 7) is 1.03. The van der Waals surface area contributed by atoms with Crippen LogP contribution < -0.4 is 22.1 Å². The van der Waals surface area contributed by atoms with E-state index in [0.717, 1.165) is 22.5 Å². The van der Waals surface area contributed by atoms with Gasteiger partial charge in [0.1, 0.15) is 0 Å². The van der Waals surface area contributed by atoms with Crippen molar-refractivity contribution in [2.45, 2.75) is 0 Å². The lowest BCUT2D eigenvalue weighted by Crippen LogP contribution is -2.09. The minimum atomic E-state index is 0.0393. The van der Waals surface area contributed by atoms with Crippen LogP contribution in [0, 0.1) is 0 Å². The van der Waals surface area contributed by atoms with Gasteiger partial charge in [0.2, 0.25) is 0 Å². The van der Waals surface area contributed by atoms with Crippen molar-refractivity contribution in [2.75, 3.05) is 48.4 Å². The Labute approximate surface area is 129 Å². The first-order valence-electron chi connectivity index (χ1n) is 7.14. The number of hydrogen-bond acceptors (Lipinski definition) is 6. The van der Waals surface area contributed by atoms with Gasteiger partial charge in [-0.3, -0.25) is 0 Å². The summed E-state index contributed by atoms with van der Waals surface area (Å²) in [5.74, 6) is 0. The van der Waals surface area contributed by atoms with Crippen LogP contribution in [0.4, 0.5) is 22.7 Å². The number of aliphatic hydroxyl groups is 2. The van der Waals surface area contributed by atoms with E-state index in [4.69, 9.17) is 21.7 Å². The number of nitrogen functional groups attached to an aromatic ring is 2. The molecule has 22 heavy (non-hydrogen) atoms. The quantitative estimate of drug-likeness (QED) is 0.430. The van der Waals surface area contributed by atoms with Gasteiger partial charge < -0.3 is 32.3 Å². The van der Waals surface area contributed by atoms with Crippen molar-refractivity contribution in [1.82, 2.24) is 0 Å². The van der Waals surface area contributed by atoms with Gasteiger partial charge >= 0.3 is 0 Å². The van der Waals surface area contributed by atoms with Crippen LogP contribution in [0.25, 0.3) is 11.1 Å². The lowest BCUT2D eigenvalue weighted by Gasteiger charge is -2.15. The lowest BCUT2D eigenvalue weighted by molar-refractivity contribution is 0.311. The molecule has 8 N–H and O–H groups in total. The predicted octanol–water partition coefficient (Wildman–Crippen LogP) is 1.33. The van der Waals surface area contributed by atoms with E-state index in [-0.39, 0.29) is 13.2 Å². The third-order valence-electron chi connectivity index (χ3n) is 3.29. The van der Waals surface area contributed by atoms with E-state index in [9.17, 15) is 0 Å². The SMILES string of the molecule is Nc1ccc(-c2ccc(NCCO)cc2NCCO)cc1N. The molecule has 2 rings (SSSR count).